The fourth-order valence-electron chi connectivity index (χ4n) is 5.14. The van der Waals surface area contributed by atoms with E-state index in [1.54, 1.807) is 53.7 Å². The number of carbonyl (C=O) groups excluding carboxylic acids is 3. The van der Waals surface area contributed by atoms with Gasteiger partial charge in [-0.3, -0.25) is 24.4 Å². The van der Waals surface area contributed by atoms with Gasteiger partial charge in [0.15, 0.2) is 0 Å². The van der Waals surface area contributed by atoms with Gasteiger partial charge < -0.3 is 29.7 Å². The third-order valence-corrected chi connectivity index (χ3v) is 7.12. The van der Waals surface area contributed by atoms with E-state index in [9.17, 15) is 14.4 Å². The summed E-state index contributed by atoms with van der Waals surface area (Å²) in [6, 6.07) is 8.19. The molecule has 0 saturated carbocycles. The number of carbonyl (C=O) groups is 3. The molecule has 0 spiro atoms. The van der Waals surface area contributed by atoms with Crippen LogP contribution in [0.4, 0.5) is 11.9 Å². The summed E-state index contributed by atoms with van der Waals surface area (Å²) >= 11 is 0. The number of anilines is 2. The van der Waals surface area contributed by atoms with Gasteiger partial charge in [-0.25, -0.2) is 9.97 Å². The van der Waals surface area contributed by atoms with Gasteiger partial charge in [-0.2, -0.15) is 5.10 Å². The number of methoxy groups -OCH3 is 2. The number of hydrogen-bond donors (Lipinski definition) is 3. The number of aldehydes is 1. The zero-order chi connectivity index (χ0) is 31.5. The molecule has 3 aromatic heterocycles. The van der Waals surface area contributed by atoms with E-state index in [2.05, 4.69) is 25.7 Å². The molecule has 0 aliphatic rings. The lowest BCUT2D eigenvalue weighted by Gasteiger charge is -2.12. The van der Waals surface area contributed by atoms with Crippen molar-refractivity contribution in [3.63, 3.8) is 0 Å². The molecule has 228 valence electrons. The largest absolute Gasteiger partial charge is 0.494 e. The predicted octanol–water partition coefficient (Wildman–Crippen LogP) is 3.39. The standard InChI is InChI=1S/C30H33N9O5/c1-6-39-22(11-17(2)36-39)28(42)35-30-34-21-14-19(27(31)41)15-24(44-5)26(21)38(30)10-8-7-9-37-25-20(33-29(37)32-3)12-18(16-40)13-23(25)43-4/h7-8,11-16H,6,9-10H2,1-5H3,(H2,31,41)(H,32,33)(H,34,35,42)/b8-7+. The number of hydrogen-bond acceptors (Lipinski definition) is 9. The maximum atomic E-state index is 13.4. The molecule has 14 heteroatoms. The van der Waals surface area contributed by atoms with Crippen molar-refractivity contribution in [2.24, 2.45) is 5.73 Å². The quantitative estimate of drug-likeness (QED) is 0.143. The highest BCUT2D eigenvalue weighted by Gasteiger charge is 2.21. The Bertz CT molecular complexity index is 1930. The lowest BCUT2D eigenvalue weighted by molar-refractivity contribution is 0.0995. The second kappa shape index (κ2) is 12.3. The molecule has 0 aliphatic carbocycles. The summed E-state index contributed by atoms with van der Waals surface area (Å²) < 4.78 is 16.5. The number of nitrogens with zero attached hydrogens (tertiary/aromatic N) is 6. The summed E-state index contributed by atoms with van der Waals surface area (Å²) in [5.74, 6) is 0.734. The number of primary amides is 1. The minimum absolute atomic E-state index is 0.227. The Hall–Kier alpha value is -5.66. The van der Waals surface area contributed by atoms with E-state index >= 15 is 0 Å². The average Bonchev–Trinajstić information content (AvgIpc) is 3.70. The Morgan fingerprint density at radius 3 is 2.14 bits per heavy atom. The number of benzene rings is 2. The van der Waals surface area contributed by atoms with Crippen LogP contribution in [0.1, 0.15) is 43.8 Å². The van der Waals surface area contributed by atoms with E-state index in [1.165, 1.54) is 7.11 Å². The maximum Gasteiger partial charge on any atom is 0.276 e. The van der Waals surface area contributed by atoms with Crippen LogP contribution >= 0.6 is 0 Å². The zero-order valence-corrected chi connectivity index (χ0v) is 25.0. The van der Waals surface area contributed by atoms with Gasteiger partial charge in [0.1, 0.15) is 34.5 Å². The van der Waals surface area contributed by atoms with Crippen molar-refractivity contribution in [2.75, 3.05) is 31.9 Å². The van der Waals surface area contributed by atoms with Crippen molar-refractivity contribution in [2.45, 2.75) is 33.5 Å². The van der Waals surface area contributed by atoms with Crippen LogP contribution in [0.25, 0.3) is 22.1 Å². The van der Waals surface area contributed by atoms with Crippen LogP contribution in [0.2, 0.25) is 0 Å². The number of amides is 2. The van der Waals surface area contributed by atoms with Gasteiger partial charge in [0, 0.05) is 37.8 Å². The van der Waals surface area contributed by atoms with Crippen LogP contribution in [0.15, 0.2) is 42.5 Å². The Morgan fingerprint density at radius 2 is 1.55 bits per heavy atom. The van der Waals surface area contributed by atoms with Gasteiger partial charge in [0.2, 0.25) is 17.8 Å². The van der Waals surface area contributed by atoms with Gasteiger partial charge in [-0.05, 0) is 44.2 Å². The average molecular weight is 600 g/mol. The molecule has 0 bridgehead atoms. The molecular weight excluding hydrogens is 566 g/mol. The van der Waals surface area contributed by atoms with E-state index in [0.717, 1.165) is 11.8 Å². The van der Waals surface area contributed by atoms with Crippen LogP contribution in [0.5, 0.6) is 11.5 Å². The third-order valence-electron chi connectivity index (χ3n) is 7.12. The summed E-state index contributed by atoms with van der Waals surface area (Å²) in [7, 11) is 4.79. The van der Waals surface area contributed by atoms with E-state index in [1.807, 2.05) is 30.6 Å². The molecule has 2 aromatic carbocycles. The fourth-order valence-corrected chi connectivity index (χ4v) is 5.14. The molecule has 44 heavy (non-hydrogen) atoms. The summed E-state index contributed by atoms with van der Waals surface area (Å²) in [5.41, 5.74) is 9.70. The second-order valence-electron chi connectivity index (χ2n) is 9.87. The number of fused-ring (bicyclic) bond motifs is 2. The van der Waals surface area contributed by atoms with Gasteiger partial charge in [0.05, 0.1) is 30.9 Å². The Kier molecular flexibility index (Phi) is 8.33. The number of aromatic nitrogens is 6. The van der Waals surface area contributed by atoms with Crippen molar-refractivity contribution in [1.82, 2.24) is 28.9 Å². The van der Waals surface area contributed by atoms with Crippen molar-refractivity contribution < 1.29 is 23.9 Å². The predicted molar refractivity (Wildman–Crippen MR) is 166 cm³/mol. The van der Waals surface area contributed by atoms with E-state index in [-0.39, 0.29) is 17.4 Å². The summed E-state index contributed by atoms with van der Waals surface area (Å²) in [5, 5.41) is 10.4. The number of imidazole rings is 2. The Balaban J connectivity index is 1.53. The Morgan fingerprint density at radius 1 is 0.932 bits per heavy atom. The molecule has 4 N–H and O–H groups in total. The molecule has 5 aromatic rings. The van der Waals surface area contributed by atoms with Crippen LogP contribution in [-0.4, -0.2) is 68.3 Å². The molecule has 0 atom stereocenters. The zero-order valence-electron chi connectivity index (χ0n) is 25.0. The number of nitrogens with one attached hydrogen (secondary N) is 2. The van der Waals surface area contributed by atoms with E-state index < -0.39 is 5.91 Å². The molecule has 0 fully saturated rings. The highest BCUT2D eigenvalue weighted by atomic mass is 16.5. The molecule has 14 nitrogen and oxygen atoms in total. The number of ether oxygens (including phenoxy) is 2. The first-order valence-electron chi connectivity index (χ1n) is 13.8. The first-order valence-corrected chi connectivity index (χ1v) is 13.8. The molecular formula is C30H33N9O5. The minimum Gasteiger partial charge on any atom is -0.494 e. The summed E-state index contributed by atoms with van der Waals surface area (Å²) in [4.78, 5) is 46.0. The van der Waals surface area contributed by atoms with Crippen molar-refractivity contribution >= 4 is 52.1 Å². The van der Waals surface area contributed by atoms with E-state index in [4.69, 9.17) is 15.2 Å². The van der Waals surface area contributed by atoms with Gasteiger partial charge in [-0.15, -0.1) is 0 Å². The first-order chi connectivity index (χ1) is 21.2. The smallest absolute Gasteiger partial charge is 0.276 e. The molecule has 0 unspecified atom stereocenters. The van der Waals surface area contributed by atoms with Crippen LogP contribution < -0.4 is 25.8 Å². The minimum atomic E-state index is -0.629. The fraction of sp³-hybridized carbons (Fsp3) is 0.267. The molecule has 3 heterocycles. The SMILES string of the molecule is CCn1nc(C)cc1C(=O)Nc1nc2cc(C(N)=O)cc(OC)c2n1C/C=C/Cn1c(NC)nc2cc(C=O)cc(OC)c21. The summed E-state index contributed by atoms with van der Waals surface area (Å²) in [6.45, 7) is 4.94. The van der Waals surface area contributed by atoms with Crippen molar-refractivity contribution in [1.29, 1.82) is 0 Å². The Labute approximate surface area is 252 Å². The van der Waals surface area contributed by atoms with E-state index in [0.29, 0.717) is 70.6 Å². The number of aryl methyl sites for hydroxylation is 2. The van der Waals surface area contributed by atoms with Gasteiger partial charge in [0.25, 0.3) is 5.91 Å². The number of allylic oxidation sites excluding steroid dienone is 2. The first kappa shape index (κ1) is 29.8. The molecule has 0 saturated heterocycles. The third kappa shape index (κ3) is 5.44. The highest BCUT2D eigenvalue weighted by Crippen LogP contribution is 2.32. The normalized spacial score (nSPS) is 11.4. The second-order valence-corrected chi connectivity index (χ2v) is 9.87. The molecule has 0 aliphatic heterocycles. The van der Waals surface area contributed by atoms with Crippen LogP contribution in [0.3, 0.4) is 0 Å². The number of nitrogens with two attached hydrogens (primary N) is 1. The molecule has 0 radical (unpaired) electrons. The molecule has 2 amide bonds. The van der Waals surface area contributed by atoms with Crippen molar-refractivity contribution in [3.8, 4) is 11.5 Å². The maximum absolute atomic E-state index is 13.4. The lowest BCUT2D eigenvalue weighted by Crippen LogP contribution is -2.20. The highest BCUT2D eigenvalue weighted by molar-refractivity contribution is 6.04. The summed E-state index contributed by atoms with van der Waals surface area (Å²) in [6.07, 6.45) is 4.60. The lowest BCUT2D eigenvalue weighted by atomic mass is 10.1. The van der Waals surface area contributed by atoms with Crippen LogP contribution in [-0.2, 0) is 19.6 Å². The van der Waals surface area contributed by atoms with Crippen molar-refractivity contribution in [3.05, 3.63) is 65.0 Å². The van der Waals surface area contributed by atoms with Gasteiger partial charge >= 0.3 is 0 Å². The topological polar surface area (TPSA) is 173 Å². The number of rotatable bonds is 12. The molecule has 5 rings (SSSR count). The van der Waals surface area contributed by atoms with Gasteiger partial charge in [-0.1, -0.05) is 12.2 Å². The monoisotopic (exact) mass is 599 g/mol. The van der Waals surface area contributed by atoms with Crippen LogP contribution in [0, 0.1) is 6.92 Å².